The molecule has 1 aromatic rings. The number of methoxy groups -OCH3 is 1. The van der Waals surface area contributed by atoms with Crippen molar-refractivity contribution in [1.29, 1.82) is 0 Å². The molecule has 0 radical (unpaired) electrons. The smallest absolute Gasteiger partial charge is 0.220 e. The molecule has 1 aliphatic heterocycles. The lowest BCUT2D eigenvalue weighted by Gasteiger charge is -2.31. The Hall–Kier alpha value is -0.820. The van der Waals surface area contributed by atoms with E-state index in [1.165, 1.54) is 24.1 Å². The SMILES string of the molecule is CO[C@@H]1CCNC[C@@H]1NC(=O)CCc1n[nH]c2c1CCCC2.Cl.Cl. The first-order chi connectivity index (χ1) is 10.8. The molecule has 0 aromatic carbocycles. The highest BCUT2D eigenvalue weighted by molar-refractivity contribution is 5.85. The number of hydrogen-bond acceptors (Lipinski definition) is 4. The molecule has 0 saturated carbocycles. The normalized spacial score (nSPS) is 22.7. The number of rotatable bonds is 5. The summed E-state index contributed by atoms with van der Waals surface area (Å²) < 4.78 is 5.46. The lowest BCUT2D eigenvalue weighted by molar-refractivity contribution is -0.123. The lowest BCUT2D eigenvalue weighted by Crippen LogP contribution is -2.54. The van der Waals surface area contributed by atoms with Gasteiger partial charge in [0.25, 0.3) is 0 Å². The van der Waals surface area contributed by atoms with E-state index in [1.807, 2.05) is 0 Å². The van der Waals surface area contributed by atoms with Gasteiger partial charge >= 0.3 is 0 Å². The van der Waals surface area contributed by atoms with Gasteiger partial charge in [-0.25, -0.2) is 0 Å². The number of aryl methyl sites for hydroxylation is 2. The quantitative estimate of drug-likeness (QED) is 0.726. The van der Waals surface area contributed by atoms with Crippen molar-refractivity contribution in [2.75, 3.05) is 20.2 Å². The molecule has 138 valence electrons. The molecule has 2 heterocycles. The summed E-state index contributed by atoms with van der Waals surface area (Å²) in [6.45, 7) is 1.73. The molecule has 2 atom stereocenters. The van der Waals surface area contributed by atoms with Gasteiger partial charge in [-0.1, -0.05) is 0 Å². The molecule has 0 spiro atoms. The Labute approximate surface area is 155 Å². The van der Waals surface area contributed by atoms with Gasteiger partial charge in [0.2, 0.25) is 5.91 Å². The summed E-state index contributed by atoms with van der Waals surface area (Å²) in [5.41, 5.74) is 3.71. The number of amides is 1. The van der Waals surface area contributed by atoms with Crippen molar-refractivity contribution in [2.45, 2.75) is 57.1 Å². The van der Waals surface area contributed by atoms with Crippen LogP contribution in [0, 0.1) is 0 Å². The highest BCUT2D eigenvalue weighted by atomic mass is 35.5. The zero-order valence-corrected chi connectivity index (χ0v) is 15.7. The predicted molar refractivity (Wildman–Crippen MR) is 98.3 cm³/mol. The maximum absolute atomic E-state index is 12.2. The van der Waals surface area contributed by atoms with Crippen LogP contribution in [0.15, 0.2) is 0 Å². The molecular weight excluding hydrogens is 351 g/mol. The second kappa shape index (κ2) is 10.2. The Bertz CT molecular complexity index is 524. The van der Waals surface area contributed by atoms with Gasteiger partial charge in [-0.15, -0.1) is 24.8 Å². The van der Waals surface area contributed by atoms with Crippen molar-refractivity contribution in [2.24, 2.45) is 0 Å². The predicted octanol–water partition coefficient (Wildman–Crippen LogP) is 1.56. The summed E-state index contributed by atoms with van der Waals surface area (Å²) in [5, 5.41) is 13.9. The average Bonchev–Trinajstić information content (AvgIpc) is 2.97. The third kappa shape index (κ3) is 5.09. The Balaban J connectivity index is 0.00000144. The van der Waals surface area contributed by atoms with Crippen molar-refractivity contribution in [3.63, 3.8) is 0 Å². The Morgan fingerprint density at radius 1 is 1.33 bits per heavy atom. The molecule has 3 N–H and O–H groups in total. The van der Waals surface area contributed by atoms with Crippen molar-refractivity contribution in [3.8, 4) is 0 Å². The molecule has 0 unspecified atom stereocenters. The van der Waals surface area contributed by atoms with Crippen LogP contribution in [-0.2, 0) is 28.8 Å². The lowest BCUT2D eigenvalue weighted by atomic mass is 9.94. The van der Waals surface area contributed by atoms with E-state index >= 15 is 0 Å². The molecule has 1 amide bonds. The first-order valence-electron chi connectivity index (χ1n) is 8.36. The number of aromatic amines is 1. The van der Waals surface area contributed by atoms with Crippen LogP contribution >= 0.6 is 24.8 Å². The van der Waals surface area contributed by atoms with Crippen molar-refractivity contribution in [3.05, 3.63) is 17.0 Å². The van der Waals surface area contributed by atoms with E-state index in [4.69, 9.17) is 4.74 Å². The third-order valence-corrected chi connectivity index (χ3v) is 4.80. The largest absolute Gasteiger partial charge is 0.379 e. The van der Waals surface area contributed by atoms with Crippen LogP contribution in [0.4, 0.5) is 0 Å². The van der Waals surface area contributed by atoms with E-state index in [1.54, 1.807) is 7.11 Å². The molecule has 6 nitrogen and oxygen atoms in total. The number of carbonyl (C=O) groups excluding carboxylic acids is 1. The van der Waals surface area contributed by atoms with Gasteiger partial charge in [0.15, 0.2) is 0 Å². The molecule has 1 fully saturated rings. The summed E-state index contributed by atoms with van der Waals surface area (Å²) in [6, 6.07) is 0.0688. The van der Waals surface area contributed by atoms with Crippen LogP contribution in [0.2, 0.25) is 0 Å². The number of piperidine rings is 1. The highest BCUT2D eigenvalue weighted by Gasteiger charge is 2.26. The monoisotopic (exact) mass is 378 g/mol. The topological polar surface area (TPSA) is 79.0 Å². The molecule has 24 heavy (non-hydrogen) atoms. The molecule has 8 heteroatoms. The molecule has 1 aromatic heterocycles. The van der Waals surface area contributed by atoms with Crippen LogP contribution < -0.4 is 10.6 Å². The van der Waals surface area contributed by atoms with E-state index in [0.29, 0.717) is 6.42 Å². The van der Waals surface area contributed by atoms with E-state index in [2.05, 4.69) is 20.8 Å². The number of carbonyl (C=O) groups is 1. The van der Waals surface area contributed by atoms with Crippen LogP contribution in [0.5, 0.6) is 0 Å². The van der Waals surface area contributed by atoms with Gasteiger partial charge in [-0.05, 0) is 44.2 Å². The Kier molecular flexibility index (Phi) is 9.05. The summed E-state index contributed by atoms with van der Waals surface area (Å²) in [4.78, 5) is 12.2. The fraction of sp³-hybridized carbons (Fsp3) is 0.750. The van der Waals surface area contributed by atoms with Crippen molar-refractivity contribution in [1.82, 2.24) is 20.8 Å². The van der Waals surface area contributed by atoms with E-state index in [-0.39, 0.29) is 42.9 Å². The molecule has 3 rings (SSSR count). The fourth-order valence-electron chi connectivity index (χ4n) is 3.53. The van der Waals surface area contributed by atoms with E-state index in [9.17, 15) is 4.79 Å². The number of H-pyrrole nitrogens is 1. The van der Waals surface area contributed by atoms with Gasteiger partial charge in [-0.3, -0.25) is 9.89 Å². The first kappa shape index (κ1) is 21.2. The standard InChI is InChI=1S/C16H26N4O2.2ClH/c1-22-15-8-9-17-10-14(15)18-16(21)7-6-13-11-4-2-3-5-12(11)19-20-13;;/h14-15,17H,2-10H2,1H3,(H,18,21)(H,19,20);2*1H/t14-,15+;;/m0../s1. The van der Waals surface area contributed by atoms with E-state index < -0.39 is 0 Å². The zero-order valence-electron chi connectivity index (χ0n) is 14.1. The van der Waals surface area contributed by atoms with Crippen molar-refractivity contribution < 1.29 is 9.53 Å². The summed E-state index contributed by atoms with van der Waals surface area (Å²) >= 11 is 0. The van der Waals surface area contributed by atoms with Gasteiger partial charge in [-0.2, -0.15) is 5.10 Å². The number of hydrogen-bond donors (Lipinski definition) is 3. The molecule has 2 aliphatic rings. The van der Waals surface area contributed by atoms with Gasteiger partial charge < -0.3 is 15.4 Å². The second-order valence-electron chi connectivity index (χ2n) is 6.28. The summed E-state index contributed by atoms with van der Waals surface area (Å²) in [7, 11) is 1.71. The molecule has 1 aliphatic carbocycles. The molecular formula is C16H28Cl2N4O2. The van der Waals surface area contributed by atoms with Crippen LogP contribution in [0.25, 0.3) is 0 Å². The Morgan fingerprint density at radius 3 is 2.92 bits per heavy atom. The third-order valence-electron chi connectivity index (χ3n) is 4.80. The maximum atomic E-state index is 12.2. The number of aromatic nitrogens is 2. The molecule has 0 bridgehead atoms. The summed E-state index contributed by atoms with van der Waals surface area (Å²) in [6.07, 6.45) is 6.92. The minimum Gasteiger partial charge on any atom is -0.379 e. The number of ether oxygens (including phenoxy) is 1. The van der Waals surface area contributed by atoms with Crippen LogP contribution in [0.3, 0.4) is 0 Å². The number of nitrogens with zero attached hydrogens (tertiary/aromatic N) is 1. The molecule has 1 saturated heterocycles. The Morgan fingerprint density at radius 2 is 2.12 bits per heavy atom. The van der Waals surface area contributed by atoms with Crippen molar-refractivity contribution >= 4 is 30.7 Å². The van der Waals surface area contributed by atoms with Crippen LogP contribution in [0.1, 0.15) is 42.6 Å². The second-order valence-corrected chi connectivity index (χ2v) is 6.28. The number of nitrogens with one attached hydrogen (secondary N) is 3. The highest BCUT2D eigenvalue weighted by Crippen LogP contribution is 2.22. The van der Waals surface area contributed by atoms with Gasteiger partial charge in [0, 0.05) is 32.2 Å². The summed E-state index contributed by atoms with van der Waals surface area (Å²) in [5.74, 6) is 0.0864. The minimum atomic E-state index is 0. The maximum Gasteiger partial charge on any atom is 0.220 e. The van der Waals surface area contributed by atoms with Gasteiger partial charge in [0.1, 0.15) is 0 Å². The number of fused-ring (bicyclic) bond motifs is 1. The van der Waals surface area contributed by atoms with Gasteiger partial charge in [0.05, 0.1) is 17.8 Å². The first-order valence-corrected chi connectivity index (χ1v) is 8.36. The minimum absolute atomic E-state index is 0. The fourth-order valence-corrected chi connectivity index (χ4v) is 3.53. The zero-order chi connectivity index (χ0) is 15.4. The number of halogens is 2. The average molecular weight is 379 g/mol. The van der Waals surface area contributed by atoms with E-state index in [0.717, 1.165) is 44.5 Å². The van der Waals surface area contributed by atoms with Crippen LogP contribution in [-0.4, -0.2) is 48.4 Å².